The van der Waals surface area contributed by atoms with Crippen LogP contribution in [-0.2, 0) is 4.74 Å². The number of carbonyl (C=O) groups is 1. The number of fused-ring (bicyclic) bond motifs is 1. The zero-order valence-electron chi connectivity index (χ0n) is 16.0. The molecule has 0 aromatic carbocycles. The number of H-pyrrole nitrogens is 1. The lowest BCUT2D eigenvalue weighted by Crippen LogP contribution is -2.54. The van der Waals surface area contributed by atoms with Gasteiger partial charge >= 0.3 is 6.09 Å². The summed E-state index contributed by atoms with van der Waals surface area (Å²) in [5, 5.41) is 1.15. The van der Waals surface area contributed by atoms with Crippen LogP contribution in [0, 0.1) is 0 Å². The second kappa shape index (κ2) is 6.14. The van der Waals surface area contributed by atoms with Gasteiger partial charge < -0.3 is 19.5 Å². The van der Waals surface area contributed by atoms with Crippen molar-refractivity contribution in [2.24, 2.45) is 0 Å². The normalized spacial score (nSPS) is 21.3. The average Bonchev–Trinajstić information content (AvgIpc) is 3.32. The number of piperazine rings is 1. The lowest BCUT2D eigenvalue weighted by molar-refractivity contribution is 0.0218. The van der Waals surface area contributed by atoms with Gasteiger partial charge in [-0.1, -0.05) is 0 Å². The molecule has 2 aliphatic rings. The first-order valence-electron chi connectivity index (χ1n) is 9.40. The monoisotopic (exact) mass is 357 g/mol. The standard InChI is InChI=1S/C19H27N5O2/c1-12-10-23(18(25)26-19(2,3)4)7-8-24(12)17-15-14(13-5-6-13)9-20-16(15)21-11-22-17/h9,11-13H,5-8,10H2,1-4H3,(H,20,21,22). The second-order valence-corrected chi connectivity index (χ2v) is 8.41. The first kappa shape index (κ1) is 17.1. The number of aromatic nitrogens is 3. The quantitative estimate of drug-likeness (QED) is 0.893. The summed E-state index contributed by atoms with van der Waals surface area (Å²) in [5.41, 5.74) is 1.76. The van der Waals surface area contributed by atoms with Gasteiger partial charge in [-0.3, -0.25) is 0 Å². The molecule has 0 bridgehead atoms. The van der Waals surface area contributed by atoms with Crippen molar-refractivity contribution in [3.05, 3.63) is 18.1 Å². The largest absolute Gasteiger partial charge is 0.444 e. The van der Waals surface area contributed by atoms with Crippen LogP contribution in [0.4, 0.5) is 10.6 Å². The third-order valence-electron chi connectivity index (χ3n) is 5.05. The number of amides is 1. The molecule has 2 aromatic heterocycles. The number of nitrogens with zero attached hydrogens (tertiary/aromatic N) is 4. The van der Waals surface area contributed by atoms with Crippen LogP contribution >= 0.6 is 0 Å². The predicted molar refractivity (Wildman–Crippen MR) is 100 cm³/mol. The zero-order chi connectivity index (χ0) is 18.5. The van der Waals surface area contributed by atoms with Crippen molar-refractivity contribution in [1.82, 2.24) is 19.9 Å². The molecular formula is C19H27N5O2. The van der Waals surface area contributed by atoms with Crippen LogP contribution in [0.3, 0.4) is 0 Å². The summed E-state index contributed by atoms with van der Waals surface area (Å²) in [6.45, 7) is 9.82. The van der Waals surface area contributed by atoms with Crippen LogP contribution in [0.2, 0.25) is 0 Å². The molecule has 2 fully saturated rings. The molecule has 7 heteroatoms. The highest BCUT2D eigenvalue weighted by Gasteiger charge is 2.33. The third-order valence-corrected chi connectivity index (χ3v) is 5.05. The summed E-state index contributed by atoms with van der Waals surface area (Å²) in [4.78, 5) is 28.8. The Morgan fingerprint density at radius 2 is 2.04 bits per heavy atom. The van der Waals surface area contributed by atoms with Crippen LogP contribution < -0.4 is 4.90 Å². The number of nitrogens with one attached hydrogen (secondary N) is 1. The van der Waals surface area contributed by atoms with Crippen molar-refractivity contribution in [2.75, 3.05) is 24.5 Å². The minimum absolute atomic E-state index is 0.163. The topological polar surface area (TPSA) is 74.3 Å². The van der Waals surface area contributed by atoms with E-state index >= 15 is 0 Å². The smallest absolute Gasteiger partial charge is 0.410 e. The van der Waals surface area contributed by atoms with Crippen LogP contribution in [0.1, 0.15) is 52.0 Å². The van der Waals surface area contributed by atoms with Gasteiger partial charge in [0.05, 0.1) is 5.39 Å². The number of hydrogen-bond donors (Lipinski definition) is 1. The van der Waals surface area contributed by atoms with E-state index < -0.39 is 5.60 Å². The van der Waals surface area contributed by atoms with Gasteiger partial charge in [-0.25, -0.2) is 14.8 Å². The molecule has 1 N–H and O–H groups in total. The summed E-state index contributed by atoms with van der Waals surface area (Å²) in [7, 11) is 0. The molecule has 7 nitrogen and oxygen atoms in total. The molecule has 2 aromatic rings. The van der Waals surface area contributed by atoms with E-state index in [0.29, 0.717) is 19.0 Å². The van der Waals surface area contributed by atoms with E-state index in [4.69, 9.17) is 4.74 Å². The van der Waals surface area contributed by atoms with Gasteiger partial charge in [0, 0.05) is 31.9 Å². The number of aromatic amines is 1. The Balaban J connectivity index is 1.56. The van der Waals surface area contributed by atoms with E-state index in [9.17, 15) is 4.79 Å². The first-order chi connectivity index (χ1) is 12.3. The molecule has 0 spiro atoms. The minimum Gasteiger partial charge on any atom is -0.444 e. The molecule has 0 radical (unpaired) electrons. The summed E-state index contributed by atoms with van der Waals surface area (Å²) in [6, 6.07) is 0.163. The molecule has 1 saturated heterocycles. The number of carbonyl (C=O) groups excluding carboxylic acids is 1. The van der Waals surface area contributed by atoms with Crippen molar-refractivity contribution in [2.45, 2.75) is 58.1 Å². The molecule has 26 heavy (non-hydrogen) atoms. The Morgan fingerprint density at radius 1 is 1.27 bits per heavy atom. The first-order valence-corrected chi connectivity index (χ1v) is 9.40. The van der Waals surface area contributed by atoms with Crippen molar-refractivity contribution >= 4 is 22.9 Å². The highest BCUT2D eigenvalue weighted by Crippen LogP contribution is 2.45. The molecule has 4 rings (SSSR count). The SMILES string of the molecule is CC1CN(C(=O)OC(C)(C)C)CCN1c1ncnc2[nH]cc(C3CC3)c12. The Labute approximate surface area is 153 Å². The van der Waals surface area contributed by atoms with E-state index in [1.54, 1.807) is 11.2 Å². The molecule has 1 amide bonds. The highest BCUT2D eigenvalue weighted by molar-refractivity contribution is 5.91. The fourth-order valence-corrected chi connectivity index (χ4v) is 3.67. The maximum Gasteiger partial charge on any atom is 0.410 e. The molecule has 1 unspecified atom stereocenters. The number of hydrogen-bond acceptors (Lipinski definition) is 5. The highest BCUT2D eigenvalue weighted by atomic mass is 16.6. The lowest BCUT2D eigenvalue weighted by atomic mass is 10.1. The molecule has 3 heterocycles. The van der Waals surface area contributed by atoms with E-state index in [-0.39, 0.29) is 12.1 Å². The van der Waals surface area contributed by atoms with Gasteiger partial charge in [0.2, 0.25) is 0 Å². The summed E-state index contributed by atoms with van der Waals surface area (Å²) >= 11 is 0. The zero-order valence-corrected chi connectivity index (χ0v) is 16.0. The van der Waals surface area contributed by atoms with Gasteiger partial charge in [0.15, 0.2) is 0 Å². The number of anilines is 1. The van der Waals surface area contributed by atoms with E-state index in [0.717, 1.165) is 23.4 Å². The summed E-state index contributed by atoms with van der Waals surface area (Å²) in [5.74, 6) is 1.61. The predicted octanol–water partition coefficient (Wildman–Crippen LogP) is 3.28. The van der Waals surface area contributed by atoms with Gasteiger partial charge in [-0.15, -0.1) is 0 Å². The molecule has 1 atom stereocenters. The Hall–Kier alpha value is -2.31. The minimum atomic E-state index is -0.472. The van der Waals surface area contributed by atoms with Crippen molar-refractivity contribution in [1.29, 1.82) is 0 Å². The summed E-state index contributed by atoms with van der Waals surface area (Å²) in [6.07, 6.45) is 5.95. The van der Waals surface area contributed by atoms with E-state index in [2.05, 4.69) is 33.0 Å². The average molecular weight is 357 g/mol. The molecular weight excluding hydrogens is 330 g/mol. The van der Waals surface area contributed by atoms with Crippen molar-refractivity contribution in [3.63, 3.8) is 0 Å². The van der Waals surface area contributed by atoms with Crippen LogP contribution in [-0.4, -0.2) is 57.2 Å². The molecule has 1 aliphatic heterocycles. The third kappa shape index (κ3) is 3.22. The maximum atomic E-state index is 12.4. The van der Waals surface area contributed by atoms with Gasteiger partial charge in [0.1, 0.15) is 23.4 Å². The maximum absolute atomic E-state index is 12.4. The summed E-state index contributed by atoms with van der Waals surface area (Å²) < 4.78 is 5.52. The van der Waals surface area contributed by atoms with E-state index in [1.165, 1.54) is 18.4 Å². The van der Waals surface area contributed by atoms with Gasteiger partial charge in [-0.05, 0) is 52.0 Å². The molecule has 1 aliphatic carbocycles. The lowest BCUT2D eigenvalue weighted by Gasteiger charge is -2.41. The fourth-order valence-electron chi connectivity index (χ4n) is 3.67. The van der Waals surface area contributed by atoms with Gasteiger partial charge in [-0.2, -0.15) is 0 Å². The van der Waals surface area contributed by atoms with Crippen molar-refractivity contribution < 1.29 is 9.53 Å². The molecule has 140 valence electrons. The number of rotatable bonds is 2. The van der Waals surface area contributed by atoms with Gasteiger partial charge in [0.25, 0.3) is 0 Å². The Bertz CT molecular complexity index is 821. The van der Waals surface area contributed by atoms with Crippen molar-refractivity contribution in [3.8, 4) is 0 Å². The second-order valence-electron chi connectivity index (χ2n) is 8.41. The van der Waals surface area contributed by atoms with E-state index in [1.807, 2.05) is 20.8 Å². The van der Waals surface area contributed by atoms with Crippen LogP contribution in [0.5, 0.6) is 0 Å². The Kier molecular flexibility index (Phi) is 4.04. The fraction of sp³-hybridized carbons (Fsp3) is 0.632. The van der Waals surface area contributed by atoms with Crippen LogP contribution in [0.15, 0.2) is 12.5 Å². The number of ether oxygens (including phenoxy) is 1. The molecule has 1 saturated carbocycles. The van der Waals surface area contributed by atoms with Crippen LogP contribution in [0.25, 0.3) is 11.0 Å². The Morgan fingerprint density at radius 3 is 2.69 bits per heavy atom.